The van der Waals surface area contributed by atoms with Gasteiger partial charge in [-0.25, -0.2) is 0 Å². The van der Waals surface area contributed by atoms with Gasteiger partial charge in [0.2, 0.25) is 0 Å². The lowest BCUT2D eigenvalue weighted by atomic mass is 10.1. The predicted molar refractivity (Wildman–Crippen MR) is 73.8 cm³/mol. The van der Waals surface area contributed by atoms with Crippen molar-refractivity contribution in [3.05, 3.63) is 23.8 Å². The van der Waals surface area contributed by atoms with Gasteiger partial charge in [0, 0.05) is 30.0 Å². The van der Waals surface area contributed by atoms with Crippen LogP contribution in [0.25, 0.3) is 0 Å². The third-order valence-corrected chi connectivity index (χ3v) is 3.66. The number of aromatic hydroxyl groups is 2. The van der Waals surface area contributed by atoms with Crippen molar-refractivity contribution in [1.29, 1.82) is 0 Å². The van der Waals surface area contributed by atoms with Crippen LogP contribution in [0.5, 0.6) is 11.5 Å². The Morgan fingerprint density at radius 2 is 2.00 bits per heavy atom. The van der Waals surface area contributed by atoms with Gasteiger partial charge in [-0.3, -0.25) is 4.79 Å². The first kappa shape index (κ1) is 14.1. The molecule has 5 nitrogen and oxygen atoms in total. The molecule has 104 valence electrons. The molecule has 1 saturated heterocycles. The number of rotatable bonds is 2. The molecule has 2 unspecified atom stereocenters. The van der Waals surface area contributed by atoms with E-state index in [0.29, 0.717) is 18.4 Å². The van der Waals surface area contributed by atoms with Crippen molar-refractivity contribution in [2.24, 2.45) is 0 Å². The number of nitrogens with zero attached hydrogens (tertiary/aromatic N) is 1. The van der Waals surface area contributed by atoms with E-state index in [2.05, 4.69) is 15.9 Å². The zero-order valence-corrected chi connectivity index (χ0v) is 12.1. The van der Waals surface area contributed by atoms with Gasteiger partial charge in [0.15, 0.2) is 0 Å². The average Bonchev–Trinajstić information content (AvgIpc) is 2.35. The second-order valence-electron chi connectivity index (χ2n) is 4.67. The summed E-state index contributed by atoms with van der Waals surface area (Å²) in [6.07, 6.45) is -0.0789. The van der Waals surface area contributed by atoms with Gasteiger partial charge < -0.3 is 19.8 Å². The Morgan fingerprint density at radius 1 is 1.37 bits per heavy atom. The maximum absolute atomic E-state index is 12.3. The molecular formula is C13H16BrNO4. The highest BCUT2D eigenvalue weighted by atomic mass is 79.9. The maximum atomic E-state index is 12.3. The smallest absolute Gasteiger partial charge is 0.254 e. The summed E-state index contributed by atoms with van der Waals surface area (Å²) in [5, 5.41) is 19.5. The number of phenolic OH excluding ortho intramolecular Hbond substituents is 2. The molecule has 1 heterocycles. The second kappa shape index (κ2) is 5.79. The molecule has 2 N–H and O–H groups in total. The largest absolute Gasteiger partial charge is 0.508 e. The van der Waals surface area contributed by atoms with Gasteiger partial charge in [-0.05, 0) is 19.1 Å². The Morgan fingerprint density at radius 3 is 2.58 bits per heavy atom. The monoisotopic (exact) mass is 329 g/mol. The van der Waals surface area contributed by atoms with E-state index in [-0.39, 0.29) is 35.2 Å². The lowest BCUT2D eigenvalue weighted by molar-refractivity contribution is -0.0559. The molecule has 1 aliphatic rings. The molecule has 19 heavy (non-hydrogen) atoms. The molecular weight excluding hydrogens is 314 g/mol. The number of alkyl halides is 1. The molecule has 0 saturated carbocycles. The molecule has 0 bridgehead atoms. The van der Waals surface area contributed by atoms with E-state index in [1.165, 1.54) is 18.2 Å². The molecule has 0 aliphatic carbocycles. The number of phenols is 2. The summed E-state index contributed by atoms with van der Waals surface area (Å²) >= 11 is 3.35. The minimum absolute atomic E-state index is 0.0360. The van der Waals surface area contributed by atoms with E-state index < -0.39 is 0 Å². The van der Waals surface area contributed by atoms with Crippen LogP contribution in [0.3, 0.4) is 0 Å². The van der Waals surface area contributed by atoms with Crippen LogP contribution in [0.1, 0.15) is 17.3 Å². The minimum atomic E-state index is -0.215. The van der Waals surface area contributed by atoms with Gasteiger partial charge in [-0.1, -0.05) is 15.9 Å². The first-order chi connectivity index (χ1) is 8.99. The van der Waals surface area contributed by atoms with Gasteiger partial charge in [-0.2, -0.15) is 0 Å². The number of carbonyl (C=O) groups is 1. The number of ether oxygens (including phenoxy) is 1. The van der Waals surface area contributed by atoms with Gasteiger partial charge >= 0.3 is 0 Å². The van der Waals surface area contributed by atoms with Crippen LogP contribution in [0, 0.1) is 0 Å². The average molecular weight is 330 g/mol. The Kier molecular flexibility index (Phi) is 4.31. The van der Waals surface area contributed by atoms with E-state index in [0.717, 1.165) is 0 Å². The number of carbonyl (C=O) groups excluding carboxylic acids is 1. The topological polar surface area (TPSA) is 70.0 Å². The van der Waals surface area contributed by atoms with Crippen LogP contribution in [0.15, 0.2) is 18.2 Å². The molecule has 0 spiro atoms. The minimum Gasteiger partial charge on any atom is -0.508 e. The highest BCUT2D eigenvalue weighted by Crippen LogP contribution is 2.23. The van der Waals surface area contributed by atoms with Crippen LogP contribution in [-0.2, 0) is 4.74 Å². The van der Waals surface area contributed by atoms with Crippen LogP contribution in [0.2, 0.25) is 0 Å². The van der Waals surface area contributed by atoms with E-state index in [9.17, 15) is 15.0 Å². The van der Waals surface area contributed by atoms with Crippen molar-refractivity contribution in [2.75, 3.05) is 18.4 Å². The molecule has 1 aromatic carbocycles. The fourth-order valence-corrected chi connectivity index (χ4v) is 2.55. The Labute approximate surface area is 119 Å². The Bertz CT molecular complexity index is 459. The summed E-state index contributed by atoms with van der Waals surface area (Å²) in [6, 6.07) is 3.90. The van der Waals surface area contributed by atoms with Gasteiger partial charge in [0.25, 0.3) is 5.91 Å². The van der Waals surface area contributed by atoms with E-state index in [1.54, 1.807) is 4.90 Å². The third kappa shape index (κ3) is 3.39. The number of morpholine rings is 1. The first-order valence-electron chi connectivity index (χ1n) is 6.03. The Balaban J connectivity index is 2.18. The molecule has 2 rings (SSSR count). The summed E-state index contributed by atoms with van der Waals surface area (Å²) in [5.41, 5.74) is 0.278. The molecule has 1 amide bonds. The van der Waals surface area contributed by atoms with E-state index in [4.69, 9.17) is 4.74 Å². The molecule has 6 heteroatoms. The van der Waals surface area contributed by atoms with E-state index in [1.807, 2.05) is 6.92 Å². The number of amides is 1. The highest BCUT2D eigenvalue weighted by Gasteiger charge is 2.28. The van der Waals surface area contributed by atoms with Crippen LogP contribution >= 0.6 is 15.9 Å². The van der Waals surface area contributed by atoms with Gasteiger partial charge in [-0.15, -0.1) is 0 Å². The van der Waals surface area contributed by atoms with Crippen molar-refractivity contribution in [3.63, 3.8) is 0 Å². The van der Waals surface area contributed by atoms with Crippen molar-refractivity contribution in [3.8, 4) is 11.5 Å². The summed E-state index contributed by atoms with van der Waals surface area (Å²) in [6.45, 7) is 2.90. The fraction of sp³-hybridized carbons (Fsp3) is 0.462. The standard InChI is InChI=1S/C13H16BrNO4/c1-8-6-15(7-12(5-14)19-8)13(18)9-2-10(16)4-11(17)3-9/h2-4,8,12,16-17H,5-7H2,1H3. The lowest BCUT2D eigenvalue weighted by Crippen LogP contribution is -2.49. The molecule has 1 fully saturated rings. The van der Waals surface area contributed by atoms with Crippen LogP contribution in [-0.4, -0.2) is 51.6 Å². The number of benzene rings is 1. The number of hydrogen-bond acceptors (Lipinski definition) is 4. The highest BCUT2D eigenvalue weighted by molar-refractivity contribution is 9.09. The van der Waals surface area contributed by atoms with Crippen molar-refractivity contribution in [2.45, 2.75) is 19.1 Å². The van der Waals surface area contributed by atoms with E-state index >= 15 is 0 Å². The summed E-state index contributed by atoms with van der Waals surface area (Å²) in [7, 11) is 0. The second-order valence-corrected chi connectivity index (χ2v) is 5.32. The zero-order chi connectivity index (χ0) is 14.0. The molecule has 1 aliphatic heterocycles. The molecule has 0 radical (unpaired) electrons. The van der Waals surface area contributed by atoms with Crippen molar-refractivity contribution >= 4 is 21.8 Å². The summed E-state index contributed by atoms with van der Waals surface area (Å²) in [4.78, 5) is 14.0. The van der Waals surface area contributed by atoms with Crippen LogP contribution in [0.4, 0.5) is 0 Å². The summed E-state index contributed by atoms with van der Waals surface area (Å²) in [5.74, 6) is -0.462. The normalized spacial score (nSPS) is 23.4. The molecule has 2 atom stereocenters. The third-order valence-electron chi connectivity index (χ3n) is 2.94. The zero-order valence-electron chi connectivity index (χ0n) is 10.5. The van der Waals surface area contributed by atoms with Crippen LogP contribution < -0.4 is 0 Å². The fourth-order valence-electron chi connectivity index (χ4n) is 2.20. The number of halogens is 1. The van der Waals surface area contributed by atoms with Crippen molar-refractivity contribution < 1.29 is 19.7 Å². The molecule has 1 aromatic rings. The predicted octanol–water partition coefficient (Wildman–Crippen LogP) is 1.72. The van der Waals surface area contributed by atoms with Crippen molar-refractivity contribution in [1.82, 2.24) is 4.90 Å². The molecule has 0 aromatic heterocycles. The lowest BCUT2D eigenvalue weighted by Gasteiger charge is -2.36. The maximum Gasteiger partial charge on any atom is 0.254 e. The van der Waals surface area contributed by atoms with Gasteiger partial charge in [0.05, 0.1) is 12.2 Å². The summed E-state index contributed by atoms with van der Waals surface area (Å²) < 4.78 is 5.66. The quantitative estimate of drug-likeness (QED) is 0.810. The van der Waals surface area contributed by atoms with Gasteiger partial charge in [0.1, 0.15) is 11.5 Å². The Hall–Kier alpha value is -1.27. The number of hydrogen-bond donors (Lipinski definition) is 2. The SMILES string of the molecule is CC1CN(C(=O)c2cc(O)cc(O)c2)CC(CBr)O1. The first-order valence-corrected chi connectivity index (χ1v) is 7.15.